The lowest BCUT2D eigenvalue weighted by atomic mass is 10.2. The van der Waals surface area contributed by atoms with Gasteiger partial charge in [0.25, 0.3) is 15.7 Å². The van der Waals surface area contributed by atoms with Crippen LogP contribution in [0.5, 0.6) is 0 Å². The van der Waals surface area contributed by atoms with Gasteiger partial charge in [0.05, 0.1) is 11.0 Å². The van der Waals surface area contributed by atoms with Gasteiger partial charge in [0.2, 0.25) is 0 Å². The number of rotatable bonds is 6. The Labute approximate surface area is 122 Å². The summed E-state index contributed by atoms with van der Waals surface area (Å²) in [5.41, 5.74) is -0.596. The molecule has 0 saturated heterocycles. The molecule has 0 aliphatic rings. The van der Waals surface area contributed by atoms with Crippen LogP contribution in [0, 0.1) is 10.1 Å². The Balaban J connectivity index is 3.14. The van der Waals surface area contributed by atoms with Crippen LogP contribution in [0.4, 0.5) is 5.69 Å². The third kappa shape index (κ3) is 3.64. The van der Waals surface area contributed by atoms with Crippen molar-refractivity contribution in [2.75, 3.05) is 0 Å². The third-order valence-electron chi connectivity index (χ3n) is 2.14. The van der Waals surface area contributed by atoms with E-state index in [4.69, 9.17) is 16.7 Å². The van der Waals surface area contributed by atoms with Gasteiger partial charge in [-0.2, -0.15) is 4.72 Å². The highest BCUT2D eigenvalue weighted by atomic mass is 35.5. The van der Waals surface area contributed by atoms with Gasteiger partial charge in [-0.1, -0.05) is 11.6 Å². The fourth-order valence-corrected chi connectivity index (χ4v) is 4.12. The van der Waals surface area contributed by atoms with Gasteiger partial charge in [-0.3, -0.25) is 14.9 Å². The number of hydrogen-bond donors (Lipinski definition) is 3. The van der Waals surface area contributed by atoms with Crippen LogP contribution in [-0.4, -0.2) is 41.7 Å². The number of aliphatic hydroxyl groups excluding tert-OH is 1. The number of nitrogens with zero attached hydrogens (tertiary/aromatic N) is 1. The summed E-state index contributed by atoms with van der Waals surface area (Å²) in [5, 5.41) is 28.6. The van der Waals surface area contributed by atoms with E-state index in [1.165, 1.54) is 0 Å². The highest BCUT2D eigenvalue weighted by Crippen LogP contribution is 2.36. The molecule has 2 atom stereocenters. The number of thiophene rings is 1. The van der Waals surface area contributed by atoms with E-state index < -0.39 is 43.0 Å². The first kappa shape index (κ1) is 16.8. The van der Waals surface area contributed by atoms with Gasteiger partial charge in [-0.25, -0.2) is 8.42 Å². The maximum atomic E-state index is 11.9. The quantitative estimate of drug-likeness (QED) is 0.500. The molecular weight excluding hydrogens is 336 g/mol. The SMILES string of the molecule is C[C@@H](O)[C@H](NS(=O)(=O)c1cc([N+](=O)[O-])c(Cl)s1)C(=O)O. The average molecular weight is 345 g/mol. The Morgan fingerprint density at radius 1 is 1.60 bits per heavy atom. The molecule has 0 aromatic carbocycles. The van der Waals surface area contributed by atoms with Crippen LogP contribution >= 0.6 is 22.9 Å². The van der Waals surface area contributed by atoms with E-state index in [2.05, 4.69) is 0 Å². The fraction of sp³-hybridized carbons (Fsp3) is 0.375. The molecule has 12 heteroatoms. The summed E-state index contributed by atoms with van der Waals surface area (Å²) in [6.07, 6.45) is -1.49. The minimum atomic E-state index is -4.35. The zero-order valence-corrected chi connectivity index (χ0v) is 12.2. The predicted molar refractivity (Wildman–Crippen MR) is 69.4 cm³/mol. The molecule has 9 nitrogen and oxygen atoms in total. The van der Waals surface area contributed by atoms with Crippen LogP contribution in [-0.2, 0) is 14.8 Å². The molecule has 20 heavy (non-hydrogen) atoms. The smallest absolute Gasteiger partial charge is 0.324 e. The normalized spacial score (nSPS) is 14.8. The van der Waals surface area contributed by atoms with Crippen molar-refractivity contribution >= 4 is 44.6 Å². The van der Waals surface area contributed by atoms with E-state index in [-0.39, 0.29) is 4.34 Å². The Morgan fingerprint density at radius 3 is 2.50 bits per heavy atom. The third-order valence-corrected chi connectivity index (χ3v) is 5.39. The lowest BCUT2D eigenvalue weighted by molar-refractivity contribution is -0.384. The molecule has 1 heterocycles. The van der Waals surface area contributed by atoms with Gasteiger partial charge in [0.15, 0.2) is 4.34 Å². The van der Waals surface area contributed by atoms with Crippen molar-refractivity contribution in [1.82, 2.24) is 4.72 Å². The Kier molecular flexibility index (Phi) is 5.05. The molecule has 0 aliphatic carbocycles. The van der Waals surface area contributed by atoms with Gasteiger partial charge in [-0.05, 0) is 6.92 Å². The van der Waals surface area contributed by atoms with Crippen molar-refractivity contribution in [2.24, 2.45) is 0 Å². The van der Waals surface area contributed by atoms with Crippen molar-refractivity contribution in [1.29, 1.82) is 0 Å². The average Bonchev–Trinajstić information content (AvgIpc) is 2.68. The summed E-state index contributed by atoms with van der Waals surface area (Å²) >= 11 is 5.94. The summed E-state index contributed by atoms with van der Waals surface area (Å²) in [4.78, 5) is 20.5. The summed E-state index contributed by atoms with van der Waals surface area (Å²) in [6, 6.07) is -1.06. The topological polar surface area (TPSA) is 147 Å². The van der Waals surface area contributed by atoms with E-state index >= 15 is 0 Å². The second kappa shape index (κ2) is 6.01. The number of nitrogens with one attached hydrogen (secondary N) is 1. The number of carboxylic acids is 1. The molecule has 0 amide bonds. The Hall–Kier alpha value is -1.27. The molecule has 0 bridgehead atoms. The van der Waals surface area contributed by atoms with Crippen molar-refractivity contribution < 1.29 is 28.3 Å². The van der Waals surface area contributed by atoms with Gasteiger partial charge >= 0.3 is 5.97 Å². The van der Waals surface area contributed by atoms with Gasteiger partial charge in [-0.15, -0.1) is 11.3 Å². The van der Waals surface area contributed by atoms with Crippen LogP contribution in [0.2, 0.25) is 4.34 Å². The largest absolute Gasteiger partial charge is 0.480 e. The van der Waals surface area contributed by atoms with E-state index in [9.17, 15) is 28.4 Å². The van der Waals surface area contributed by atoms with Crippen LogP contribution in [0.15, 0.2) is 10.3 Å². The Bertz CT molecular complexity index is 639. The standard InChI is InChI=1S/C8H9ClN2O7S2/c1-3(12)6(8(13)14)10-20(17,18)5-2-4(11(15)16)7(9)19-5/h2-3,6,10,12H,1H3,(H,13,14)/t3-,6+/m1/s1. The summed E-state index contributed by atoms with van der Waals surface area (Å²) in [7, 11) is -4.35. The Morgan fingerprint density at radius 2 is 2.15 bits per heavy atom. The zero-order chi connectivity index (χ0) is 15.7. The molecule has 1 rings (SSSR count). The molecule has 0 fully saturated rings. The summed E-state index contributed by atoms with van der Waals surface area (Å²) < 4.78 is 24.6. The molecule has 0 saturated carbocycles. The fourth-order valence-electron chi connectivity index (χ4n) is 1.18. The van der Waals surface area contributed by atoms with Crippen molar-refractivity contribution in [3.63, 3.8) is 0 Å². The first-order valence-corrected chi connectivity index (χ1v) is 7.61. The van der Waals surface area contributed by atoms with E-state index in [0.29, 0.717) is 11.3 Å². The number of aliphatic carboxylic acids is 1. The van der Waals surface area contributed by atoms with Crippen molar-refractivity contribution in [2.45, 2.75) is 23.3 Å². The number of sulfonamides is 1. The van der Waals surface area contributed by atoms with Crippen LogP contribution in [0.1, 0.15) is 6.92 Å². The van der Waals surface area contributed by atoms with E-state index in [1.54, 1.807) is 4.72 Å². The zero-order valence-electron chi connectivity index (χ0n) is 9.81. The van der Waals surface area contributed by atoms with Crippen LogP contribution in [0.3, 0.4) is 0 Å². The molecule has 112 valence electrons. The molecular formula is C8H9ClN2O7S2. The van der Waals surface area contributed by atoms with E-state index in [0.717, 1.165) is 13.0 Å². The van der Waals surface area contributed by atoms with Crippen molar-refractivity contribution in [3.8, 4) is 0 Å². The predicted octanol–water partition coefficient (Wildman–Crippen LogP) is 0.422. The second-order valence-electron chi connectivity index (χ2n) is 3.66. The summed E-state index contributed by atoms with van der Waals surface area (Å²) in [5.74, 6) is -1.58. The van der Waals surface area contributed by atoms with E-state index in [1.807, 2.05) is 0 Å². The number of nitro groups is 1. The first-order chi connectivity index (χ1) is 9.06. The number of halogens is 1. The van der Waals surface area contributed by atoms with Crippen molar-refractivity contribution in [3.05, 3.63) is 20.5 Å². The molecule has 1 aromatic rings. The first-order valence-electron chi connectivity index (χ1n) is 4.93. The van der Waals surface area contributed by atoms with Gasteiger partial charge in [0, 0.05) is 6.07 Å². The highest BCUT2D eigenvalue weighted by molar-refractivity contribution is 7.91. The number of carboxylic acid groups (broad SMARTS) is 1. The number of hydrogen-bond acceptors (Lipinski definition) is 7. The highest BCUT2D eigenvalue weighted by Gasteiger charge is 2.32. The lowest BCUT2D eigenvalue weighted by Gasteiger charge is -2.16. The number of aliphatic hydroxyl groups is 1. The monoisotopic (exact) mass is 344 g/mol. The molecule has 0 radical (unpaired) electrons. The van der Waals surface area contributed by atoms with Gasteiger partial charge in [0.1, 0.15) is 10.3 Å². The minimum absolute atomic E-state index is 0.348. The molecule has 1 aromatic heterocycles. The molecule has 0 aliphatic heterocycles. The molecule has 3 N–H and O–H groups in total. The maximum absolute atomic E-state index is 11.9. The maximum Gasteiger partial charge on any atom is 0.324 e. The summed E-state index contributed by atoms with van der Waals surface area (Å²) in [6.45, 7) is 1.09. The lowest BCUT2D eigenvalue weighted by Crippen LogP contribution is -2.47. The number of carbonyl (C=O) groups is 1. The second-order valence-corrected chi connectivity index (χ2v) is 7.25. The molecule has 0 spiro atoms. The van der Waals surface area contributed by atoms with Crippen LogP contribution in [0.25, 0.3) is 0 Å². The molecule has 0 unspecified atom stereocenters. The van der Waals surface area contributed by atoms with Gasteiger partial charge < -0.3 is 10.2 Å². The minimum Gasteiger partial charge on any atom is -0.480 e. The van der Waals surface area contributed by atoms with Crippen LogP contribution < -0.4 is 4.72 Å².